The Bertz CT molecular complexity index is 977. The third-order valence-electron chi connectivity index (χ3n) is 5.79. The van der Waals surface area contributed by atoms with Crippen LogP contribution in [0.5, 0.6) is 11.5 Å². The molecule has 3 atom stereocenters. The lowest BCUT2D eigenvalue weighted by atomic mass is 10.0. The molecule has 36 heavy (non-hydrogen) atoms. The van der Waals surface area contributed by atoms with Crippen LogP contribution in [0.15, 0.2) is 84.9 Å². The van der Waals surface area contributed by atoms with Crippen LogP contribution in [0.25, 0.3) is 0 Å². The van der Waals surface area contributed by atoms with E-state index in [4.69, 9.17) is 14.2 Å². The number of aliphatic hydroxyl groups excluding tert-OH is 2. The van der Waals surface area contributed by atoms with Crippen molar-refractivity contribution in [2.45, 2.75) is 31.6 Å². The molecule has 0 saturated heterocycles. The van der Waals surface area contributed by atoms with Gasteiger partial charge in [0.2, 0.25) is 0 Å². The molecule has 0 radical (unpaired) electrons. The van der Waals surface area contributed by atoms with E-state index in [9.17, 15) is 15.0 Å². The summed E-state index contributed by atoms with van der Waals surface area (Å²) in [6.07, 6.45) is -0.840. The fourth-order valence-electron chi connectivity index (χ4n) is 3.86. The highest BCUT2D eigenvalue weighted by Crippen LogP contribution is 2.15. The fraction of sp³-hybridized carbons (Fsp3) is 0.345. The molecule has 0 heterocycles. The topological polar surface area (TPSA) is 88.5 Å². The molecule has 3 aromatic carbocycles. The summed E-state index contributed by atoms with van der Waals surface area (Å²) in [5.41, 5.74) is 1.53. The van der Waals surface area contributed by atoms with Crippen molar-refractivity contribution in [1.82, 2.24) is 4.90 Å². The summed E-state index contributed by atoms with van der Waals surface area (Å²) in [7, 11) is 1.36. The summed E-state index contributed by atoms with van der Waals surface area (Å²) in [5, 5.41) is 21.4. The number of carbonyl (C=O) groups excluding carboxylic acids is 1. The van der Waals surface area contributed by atoms with Crippen molar-refractivity contribution >= 4 is 5.97 Å². The van der Waals surface area contributed by atoms with Crippen molar-refractivity contribution in [2.75, 3.05) is 33.4 Å². The maximum atomic E-state index is 11.7. The molecule has 2 N–H and O–H groups in total. The second kappa shape index (κ2) is 14.2. The van der Waals surface area contributed by atoms with Crippen LogP contribution in [-0.4, -0.2) is 72.7 Å². The molecule has 0 aromatic heterocycles. The quantitative estimate of drug-likeness (QED) is 0.332. The predicted octanol–water partition coefficient (Wildman–Crippen LogP) is 3.59. The summed E-state index contributed by atoms with van der Waals surface area (Å²) in [6.45, 7) is 2.95. The van der Waals surface area contributed by atoms with Gasteiger partial charge in [-0.05, 0) is 55.3 Å². The average Bonchev–Trinajstić information content (AvgIpc) is 2.91. The number of methoxy groups -OCH3 is 1. The Morgan fingerprint density at radius 1 is 0.778 bits per heavy atom. The summed E-state index contributed by atoms with van der Waals surface area (Å²) < 4.78 is 16.2. The number of aliphatic hydroxyl groups is 2. The van der Waals surface area contributed by atoms with Gasteiger partial charge in [-0.15, -0.1) is 0 Å². The summed E-state index contributed by atoms with van der Waals surface area (Å²) in [6, 6.07) is 26.0. The van der Waals surface area contributed by atoms with Crippen molar-refractivity contribution in [3.63, 3.8) is 0 Å². The lowest BCUT2D eigenvalue weighted by molar-refractivity contribution is 0.0167. The van der Waals surface area contributed by atoms with Gasteiger partial charge in [0.05, 0.1) is 12.7 Å². The molecular weight excluding hydrogens is 458 g/mol. The molecular formula is C29H35NO6. The van der Waals surface area contributed by atoms with Crippen LogP contribution in [0.3, 0.4) is 0 Å². The second-order valence-electron chi connectivity index (χ2n) is 8.75. The van der Waals surface area contributed by atoms with Gasteiger partial charge < -0.3 is 24.4 Å². The Labute approximate surface area is 212 Å². The molecule has 0 aliphatic heterocycles. The lowest BCUT2D eigenvalue weighted by Gasteiger charge is -2.32. The third kappa shape index (κ3) is 9.00. The van der Waals surface area contributed by atoms with Gasteiger partial charge in [0, 0.05) is 19.1 Å². The third-order valence-corrected chi connectivity index (χ3v) is 5.79. The number of hydrogen-bond acceptors (Lipinski definition) is 7. The monoisotopic (exact) mass is 493 g/mol. The minimum atomic E-state index is -0.753. The minimum Gasteiger partial charge on any atom is -0.491 e. The van der Waals surface area contributed by atoms with Crippen LogP contribution >= 0.6 is 0 Å². The smallest absolute Gasteiger partial charge is 0.337 e. The van der Waals surface area contributed by atoms with E-state index in [1.54, 1.807) is 12.1 Å². The zero-order valence-corrected chi connectivity index (χ0v) is 20.8. The van der Waals surface area contributed by atoms with Crippen molar-refractivity contribution in [3.05, 3.63) is 96.1 Å². The Morgan fingerprint density at radius 3 is 1.69 bits per heavy atom. The summed E-state index contributed by atoms with van der Waals surface area (Å²) >= 11 is 0. The SMILES string of the molecule is COC(=O)c1ccc(CC(C)N(CC(O)COc2ccccc2)CC(O)COc2ccccc2)cc1. The maximum absolute atomic E-state index is 11.7. The first kappa shape index (κ1) is 27.2. The van der Waals surface area contributed by atoms with E-state index in [0.717, 1.165) is 5.56 Å². The number of carbonyl (C=O) groups is 1. The molecule has 0 bridgehead atoms. The standard InChI is InChI=1S/C29H35NO6/c1-22(17-23-13-15-24(16-14-23)29(33)34-2)30(18-25(31)20-35-27-9-5-3-6-10-27)19-26(32)21-36-28-11-7-4-8-12-28/h3-16,22,25-26,31-32H,17-21H2,1-2H3. The van der Waals surface area contributed by atoms with E-state index in [-0.39, 0.29) is 25.2 Å². The Morgan fingerprint density at radius 2 is 1.25 bits per heavy atom. The van der Waals surface area contributed by atoms with E-state index in [0.29, 0.717) is 36.6 Å². The largest absolute Gasteiger partial charge is 0.491 e. The van der Waals surface area contributed by atoms with E-state index in [1.165, 1.54) is 7.11 Å². The fourth-order valence-corrected chi connectivity index (χ4v) is 3.86. The molecule has 0 aliphatic carbocycles. The molecule has 192 valence electrons. The Hall–Kier alpha value is -3.39. The first-order chi connectivity index (χ1) is 17.4. The van der Waals surface area contributed by atoms with Gasteiger partial charge in [-0.3, -0.25) is 4.90 Å². The first-order valence-corrected chi connectivity index (χ1v) is 12.1. The molecule has 0 amide bonds. The van der Waals surface area contributed by atoms with E-state index >= 15 is 0 Å². The van der Waals surface area contributed by atoms with Gasteiger partial charge >= 0.3 is 5.97 Å². The Kier molecular flexibility index (Phi) is 10.8. The maximum Gasteiger partial charge on any atom is 0.337 e. The molecule has 0 saturated carbocycles. The predicted molar refractivity (Wildman–Crippen MR) is 138 cm³/mol. The number of rotatable bonds is 14. The van der Waals surface area contributed by atoms with Crippen LogP contribution in [-0.2, 0) is 11.2 Å². The van der Waals surface area contributed by atoms with Crippen molar-refractivity contribution < 1.29 is 29.2 Å². The number of esters is 1. The molecule has 3 unspecified atom stereocenters. The Balaban J connectivity index is 1.61. The van der Waals surface area contributed by atoms with Gasteiger partial charge in [-0.2, -0.15) is 0 Å². The number of nitrogens with zero attached hydrogens (tertiary/aromatic N) is 1. The molecule has 7 nitrogen and oxygen atoms in total. The first-order valence-electron chi connectivity index (χ1n) is 12.1. The zero-order valence-electron chi connectivity index (χ0n) is 20.8. The molecule has 0 aliphatic rings. The highest BCUT2D eigenvalue weighted by molar-refractivity contribution is 5.89. The van der Waals surface area contributed by atoms with Crippen LogP contribution in [0.4, 0.5) is 0 Å². The van der Waals surface area contributed by atoms with Crippen LogP contribution in [0.1, 0.15) is 22.8 Å². The highest BCUT2D eigenvalue weighted by atomic mass is 16.5. The summed E-state index contributed by atoms with van der Waals surface area (Å²) in [4.78, 5) is 13.8. The van der Waals surface area contributed by atoms with Crippen LogP contribution < -0.4 is 9.47 Å². The second-order valence-corrected chi connectivity index (χ2v) is 8.75. The van der Waals surface area contributed by atoms with Crippen LogP contribution in [0.2, 0.25) is 0 Å². The molecule has 0 spiro atoms. The normalized spacial score (nSPS) is 13.6. The number of hydrogen-bond donors (Lipinski definition) is 2. The zero-order chi connectivity index (χ0) is 25.8. The molecule has 7 heteroatoms. The lowest BCUT2D eigenvalue weighted by Crippen LogP contribution is -2.46. The molecule has 3 rings (SSSR count). The highest BCUT2D eigenvalue weighted by Gasteiger charge is 2.22. The van der Waals surface area contributed by atoms with Crippen molar-refractivity contribution in [1.29, 1.82) is 0 Å². The minimum absolute atomic E-state index is 0.00766. The average molecular weight is 494 g/mol. The molecule has 0 fully saturated rings. The van der Waals surface area contributed by atoms with E-state index in [1.807, 2.05) is 84.6 Å². The van der Waals surface area contributed by atoms with Crippen LogP contribution in [0, 0.1) is 0 Å². The van der Waals surface area contributed by atoms with Gasteiger partial charge in [0.25, 0.3) is 0 Å². The van der Waals surface area contributed by atoms with Gasteiger partial charge in [0.1, 0.15) is 36.9 Å². The summed E-state index contributed by atoms with van der Waals surface area (Å²) in [5.74, 6) is 1.01. The van der Waals surface area contributed by atoms with Crippen molar-refractivity contribution in [3.8, 4) is 11.5 Å². The van der Waals surface area contributed by atoms with E-state index in [2.05, 4.69) is 0 Å². The molecule has 3 aromatic rings. The number of ether oxygens (including phenoxy) is 3. The van der Waals surface area contributed by atoms with Gasteiger partial charge in [0.15, 0.2) is 0 Å². The van der Waals surface area contributed by atoms with Gasteiger partial charge in [-0.1, -0.05) is 48.5 Å². The number of benzene rings is 3. The van der Waals surface area contributed by atoms with E-state index < -0.39 is 12.2 Å². The van der Waals surface area contributed by atoms with Gasteiger partial charge in [-0.25, -0.2) is 4.79 Å². The van der Waals surface area contributed by atoms with Crippen molar-refractivity contribution in [2.24, 2.45) is 0 Å². The number of para-hydroxylation sites is 2.